The van der Waals surface area contributed by atoms with Crippen LogP contribution in [0.3, 0.4) is 0 Å². The molecule has 0 spiro atoms. The van der Waals surface area contributed by atoms with E-state index in [9.17, 15) is 18.0 Å². The summed E-state index contributed by atoms with van der Waals surface area (Å²) in [6, 6.07) is 24.1. The van der Waals surface area contributed by atoms with Crippen LogP contribution in [0.4, 0.5) is 18.9 Å². The van der Waals surface area contributed by atoms with E-state index in [0.717, 1.165) is 62.9 Å². The lowest BCUT2D eigenvalue weighted by Crippen LogP contribution is -2.56. The number of carbonyl (C=O) groups is 1. The number of halogens is 3. The summed E-state index contributed by atoms with van der Waals surface area (Å²) in [7, 11) is 1.63. The van der Waals surface area contributed by atoms with Gasteiger partial charge >= 0.3 is 6.18 Å². The highest BCUT2D eigenvalue weighted by atomic mass is 19.4. The van der Waals surface area contributed by atoms with E-state index in [1.165, 1.54) is 17.7 Å². The Morgan fingerprint density at radius 2 is 1.67 bits per heavy atom. The van der Waals surface area contributed by atoms with Crippen molar-refractivity contribution in [2.45, 2.75) is 44.6 Å². The fourth-order valence-electron chi connectivity index (χ4n) is 6.48. The van der Waals surface area contributed by atoms with Crippen LogP contribution in [-0.2, 0) is 24.1 Å². The van der Waals surface area contributed by atoms with Crippen LogP contribution < -0.4 is 15.0 Å². The van der Waals surface area contributed by atoms with Crippen molar-refractivity contribution in [3.05, 3.63) is 95.6 Å². The van der Waals surface area contributed by atoms with Gasteiger partial charge in [-0.1, -0.05) is 54.6 Å². The standard InChI is InChI=1S/C34H41F3N4O2/c1-43-32-13-6-5-10-27(32)23-38-33(42)15-14-28-25-39(24-26-8-3-2-4-9-26)17-16-31(28)41-20-18-40(19-21-41)30-12-7-11-29(22-30)34(35,36)37/h2-13,22,28,31H,14-21,23-25H2,1H3,(H,38,42)/t28-,31+/m1/s1. The van der Waals surface area contributed by atoms with Gasteiger partial charge in [-0.3, -0.25) is 14.6 Å². The second kappa shape index (κ2) is 14.3. The second-order valence-electron chi connectivity index (χ2n) is 11.5. The molecule has 0 unspecified atom stereocenters. The van der Waals surface area contributed by atoms with E-state index in [1.54, 1.807) is 13.2 Å². The third-order valence-electron chi connectivity index (χ3n) is 8.76. The van der Waals surface area contributed by atoms with Gasteiger partial charge in [-0.15, -0.1) is 0 Å². The quantitative estimate of drug-likeness (QED) is 0.321. The summed E-state index contributed by atoms with van der Waals surface area (Å²) in [4.78, 5) is 20.0. The molecule has 5 rings (SSSR count). The van der Waals surface area contributed by atoms with Crippen LogP contribution in [0, 0.1) is 5.92 Å². The summed E-state index contributed by atoms with van der Waals surface area (Å²) in [6.07, 6.45) is -2.12. The summed E-state index contributed by atoms with van der Waals surface area (Å²) >= 11 is 0. The smallest absolute Gasteiger partial charge is 0.416 e. The Hall–Kier alpha value is -3.56. The zero-order valence-electron chi connectivity index (χ0n) is 24.7. The molecule has 2 fully saturated rings. The number of carbonyl (C=O) groups excluding carboxylic acids is 1. The molecule has 43 heavy (non-hydrogen) atoms. The third-order valence-corrected chi connectivity index (χ3v) is 8.76. The Kier molecular flexibility index (Phi) is 10.3. The Balaban J connectivity index is 1.20. The zero-order valence-corrected chi connectivity index (χ0v) is 24.7. The maximum absolute atomic E-state index is 13.3. The van der Waals surface area contributed by atoms with Gasteiger partial charge < -0.3 is 15.0 Å². The van der Waals surface area contributed by atoms with Gasteiger partial charge in [0.1, 0.15) is 5.75 Å². The average molecular weight is 595 g/mol. The lowest BCUT2D eigenvalue weighted by Gasteiger charge is -2.47. The van der Waals surface area contributed by atoms with Crippen LogP contribution in [-0.4, -0.2) is 68.1 Å². The number of nitrogens with one attached hydrogen (secondary N) is 1. The first-order valence-electron chi connectivity index (χ1n) is 15.1. The van der Waals surface area contributed by atoms with Crippen molar-refractivity contribution >= 4 is 11.6 Å². The normalized spacial score (nSPS) is 20.1. The Morgan fingerprint density at radius 1 is 0.930 bits per heavy atom. The Bertz CT molecular complexity index is 1330. The minimum atomic E-state index is -4.35. The predicted octanol–water partition coefficient (Wildman–Crippen LogP) is 5.82. The topological polar surface area (TPSA) is 48.1 Å². The number of hydrogen-bond acceptors (Lipinski definition) is 5. The molecule has 0 bridgehead atoms. The van der Waals surface area contributed by atoms with E-state index in [1.807, 2.05) is 30.3 Å². The number of rotatable bonds is 10. The first-order chi connectivity index (χ1) is 20.8. The van der Waals surface area contributed by atoms with Crippen molar-refractivity contribution in [1.29, 1.82) is 0 Å². The summed E-state index contributed by atoms with van der Waals surface area (Å²) in [5, 5.41) is 3.06. The Morgan fingerprint density at radius 3 is 2.42 bits per heavy atom. The number of hydrogen-bond donors (Lipinski definition) is 1. The monoisotopic (exact) mass is 594 g/mol. The van der Waals surface area contributed by atoms with Gasteiger partial charge in [-0.05, 0) is 55.1 Å². The van der Waals surface area contributed by atoms with Gasteiger partial charge in [0.15, 0.2) is 0 Å². The van der Waals surface area contributed by atoms with Gasteiger partial charge in [0.2, 0.25) is 5.91 Å². The molecular weight excluding hydrogens is 553 g/mol. The molecule has 2 saturated heterocycles. The number of methoxy groups -OCH3 is 1. The van der Waals surface area contributed by atoms with Crippen LogP contribution in [0.1, 0.15) is 36.0 Å². The van der Waals surface area contributed by atoms with E-state index in [4.69, 9.17) is 4.74 Å². The predicted molar refractivity (Wildman–Crippen MR) is 163 cm³/mol. The molecule has 2 atom stereocenters. The number of ether oxygens (including phenoxy) is 1. The van der Waals surface area contributed by atoms with Crippen LogP contribution in [0.25, 0.3) is 0 Å². The summed E-state index contributed by atoms with van der Waals surface area (Å²) in [5.41, 5.74) is 2.24. The third kappa shape index (κ3) is 8.30. The molecule has 1 amide bonds. The number of nitrogens with zero attached hydrogens (tertiary/aromatic N) is 3. The van der Waals surface area contributed by atoms with Gasteiger partial charge in [-0.25, -0.2) is 0 Å². The van der Waals surface area contributed by atoms with Gasteiger partial charge in [0.25, 0.3) is 0 Å². The fraction of sp³-hybridized carbons (Fsp3) is 0.441. The summed E-state index contributed by atoms with van der Waals surface area (Å²) in [6.45, 7) is 6.13. The van der Waals surface area contributed by atoms with Crippen LogP contribution in [0.5, 0.6) is 5.75 Å². The number of alkyl halides is 3. The lowest BCUT2D eigenvalue weighted by atomic mass is 9.86. The van der Waals surface area contributed by atoms with Crippen molar-refractivity contribution in [2.75, 3.05) is 51.3 Å². The molecule has 0 radical (unpaired) electrons. The number of piperidine rings is 1. The van der Waals surface area contributed by atoms with E-state index in [0.29, 0.717) is 43.7 Å². The van der Waals surface area contributed by atoms with Crippen molar-refractivity contribution in [3.8, 4) is 5.75 Å². The molecule has 2 aliphatic rings. The zero-order chi connectivity index (χ0) is 30.2. The van der Waals surface area contributed by atoms with Gasteiger partial charge in [0.05, 0.1) is 12.7 Å². The highest BCUT2D eigenvalue weighted by Crippen LogP contribution is 2.33. The fourth-order valence-corrected chi connectivity index (χ4v) is 6.48. The van der Waals surface area contributed by atoms with Gasteiger partial charge in [0, 0.05) is 69.5 Å². The van der Waals surface area contributed by atoms with Crippen molar-refractivity contribution in [1.82, 2.24) is 15.1 Å². The molecular formula is C34H41F3N4O2. The molecule has 230 valence electrons. The first kappa shape index (κ1) is 30.9. The molecule has 2 heterocycles. The molecule has 1 N–H and O–H groups in total. The molecule has 6 nitrogen and oxygen atoms in total. The number of piperazine rings is 1. The summed E-state index contributed by atoms with van der Waals surface area (Å²) < 4.78 is 45.3. The first-order valence-corrected chi connectivity index (χ1v) is 15.1. The summed E-state index contributed by atoms with van der Waals surface area (Å²) in [5.74, 6) is 1.10. The minimum absolute atomic E-state index is 0.0270. The van der Waals surface area contributed by atoms with Gasteiger partial charge in [-0.2, -0.15) is 13.2 Å². The van der Waals surface area contributed by atoms with Crippen molar-refractivity contribution in [3.63, 3.8) is 0 Å². The number of anilines is 1. The van der Waals surface area contributed by atoms with E-state index >= 15 is 0 Å². The van der Waals surface area contributed by atoms with Crippen molar-refractivity contribution in [2.24, 2.45) is 5.92 Å². The van der Waals surface area contributed by atoms with Crippen molar-refractivity contribution < 1.29 is 22.7 Å². The molecule has 0 aliphatic carbocycles. The number of benzene rings is 3. The second-order valence-corrected chi connectivity index (χ2v) is 11.5. The molecule has 3 aromatic carbocycles. The maximum atomic E-state index is 13.3. The molecule has 3 aromatic rings. The Labute approximate surface area is 252 Å². The number of likely N-dealkylation sites (tertiary alicyclic amines) is 1. The lowest BCUT2D eigenvalue weighted by molar-refractivity contribution is -0.137. The minimum Gasteiger partial charge on any atom is -0.496 e. The molecule has 0 saturated carbocycles. The highest BCUT2D eigenvalue weighted by molar-refractivity contribution is 5.76. The highest BCUT2D eigenvalue weighted by Gasteiger charge is 2.35. The molecule has 9 heteroatoms. The van der Waals surface area contributed by atoms with Crippen LogP contribution in [0.15, 0.2) is 78.9 Å². The maximum Gasteiger partial charge on any atom is 0.416 e. The molecule has 2 aliphatic heterocycles. The van der Waals surface area contributed by atoms with Crippen LogP contribution >= 0.6 is 0 Å². The number of para-hydroxylation sites is 1. The number of amides is 1. The average Bonchev–Trinajstić information content (AvgIpc) is 3.03. The van der Waals surface area contributed by atoms with Crippen LogP contribution in [0.2, 0.25) is 0 Å². The van der Waals surface area contributed by atoms with E-state index in [-0.39, 0.29) is 5.91 Å². The van der Waals surface area contributed by atoms with E-state index in [2.05, 4.69) is 44.3 Å². The SMILES string of the molecule is COc1ccccc1CNC(=O)CC[C@@H]1CN(Cc2ccccc2)CC[C@@H]1N1CCN(c2cccc(C(F)(F)F)c2)CC1. The largest absolute Gasteiger partial charge is 0.496 e. The molecule has 0 aromatic heterocycles. The van der Waals surface area contributed by atoms with E-state index < -0.39 is 11.7 Å².